The van der Waals surface area contributed by atoms with Crippen molar-refractivity contribution in [2.75, 3.05) is 0 Å². The minimum atomic E-state index is 0.125. The third kappa shape index (κ3) is 18.0. The van der Waals surface area contributed by atoms with Crippen molar-refractivity contribution in [3.63, 3.8) is 0 Å². The van der Waals surface area contributed by atoms with Gasteiger partial charge in [0.25, 0.3) is 0 Å². The van der Waals surface area contributed by atoms with E-state index in [1.165, 1.54) is 87.3 Å². The number of hydrogen-bond acceptors (Lipinski definition) is 1. The summed E-state index contributed by atoms with van der Waals surface area (Å²) in [6.07, 6.45) is 22.9. The van der Waals surface area contributed by atoms with Crippen LogP contribution in [-0.2, 0) is 0 Å². The lowest BCUT2D eigenvalue weighted by Crippen LogP contribution is -2.15. The summed E-state index contributed by atoms with van der Waals surface area (Å²) in [5.74, 6) is 0. The molecule has 1 atom stereocenters. The Morgan fingerprint density at radius 2 is 1.12 bits per heavy atom. The van der Waals surface area contributed by atoms with Gasteiger partial charge in [0.2, 0.25) is 0 Å². The molecule has 0 aliphatic carbocycles. The second kappa shape index (κ2) is 18.0. The van der Waals surface area contributed by atoms with Crippen LogP contribution < -0.4 is 0 Å². The first-order valence-electron chi connectivity index (χ1n) is 14.1. The smallest absolute Gasteiger partial charge is 0.0674 e. The first kappa shape index (κ1) is 32.6. The first-order valence-corrected chi connectivity index (χ1v) is 14.1. The minimum Gasteiger partial charge on any atom is -0.290 e. The fourth-order valence-electron chi connectivity index (χ4n) is 3.94. The zero-order valence-corrected chi connectivity index (χ0v) is 24.1. The molecule has 0 rings (SSSR count). The third-order valence-electron chi connectivity index (χ3n) is 7.30. The first-order chi connectivity index (χ1) is 15.9. The van der Waals surface area contributed by atoms with Crippen LogP contribution in [0.1, 0.15) is 138 Å². The van der Waals surface area contributed by atoms with Gasteiger partial charge in [0.1, 0.15) is 0 Å². The van der Waals surface area contributed by atoms with Gasteiger partial charge in [-0.1, -0.05) is 116 Å². The predicted octanol–water partition coefficient (Wildman–Crippen LogP) is 11.2. The Hall–Kier alpha value is -1.37. The van der Waals surface area contributed by atoms with E-state index in [9.17, 15) is 0 Å². The van der Waals surface area contributed by atoms with Gasteiger partial charge in [-0.3, -0.25) is 4.99 Å². The van der Waals surface area contributed by atoms with Crippen LogP contribution >= 0.6 is 0 Å². The highest BCUT2D eigenvalue weighted by molar-refractivity contribution is 5.65. The molecule has 0 amide bonds. The Morgan fingerprint density at radius 3 is 1.53 bits per heavy atom. The Morgan fingerprint density at radius 1 is 0.706 bits per heavy atom. The Kier molecular flexibility index (Phi) is 17.3. The summed E-state index contributed by atoms with van der Waals surface area (Å²) in [4.78, 5) is 4.73. The van der Waals surface area contributed by atoms with Gasteiger partial charge < -0.3 is 0 Å². The summed E-state index contributed by atoms with van der Waals surface area (Å²) in [6.45, 7) is 30.0. The van der Waals surface area contributed by atoms with E-state index >= 15 is 0 Å². The molecule has 0 spiro atoms. The zero-order chi connectivity index (χ0) is 26.0. The SMILES string of the molecule is C=CC(C)(C)CCC(=C)CCCCCCCCCCC(=C)CCC(C)(C)/C=N/C(C)C(=C)CC. The van der Waals surface area contributed by atoms with Gasteiger partial charge in [0.05, 0.1) is 6.04 Å². The van der Waals surface area contributed by atoms with Crippen molar-refractivity contribution in [3.8, 4) is 0 Å². The second-order valence-electron chi connectivity index (χ2n) is 12.0. The van der Waals surface area contributed by atoms with E-state index in [1.54, 1.807) is 0 Å². The normalized spacial score (nSPS) is 13.2. The van der Waals surface area contributed by atoms with E-state index in [0.29, 0.717) is 0 Å². The summed E-state index contributed by atoms with van der Waals surface area (Å²) < 4.78 is 0. The molecule has 196 valence electrons. The van der Waals surface area contributed by atoms with Gasteiger partial charge in [-0.15, -0.1) is 6.58 Å². The monoisotopic (exact) mass is 469 g/mol. The average molecular weight is 470 g/mol. The number of allylic oxidation sites excluding steroid dienone is 3. The molecule has 0 aliphatic rings. The molecule has 1 unspecified atom stereocenters. The highest BCUT2D eigenvalue weighted by Gasteiger charge is 2.16. The van der Waals surface area contributed by atoms with Crippen LogP contribution in [0.25, 0.3) is 0 Å². The lowest BCUT2D eigenvalue weighted by molar-refractivity contribution is 0.434. The molecule has 0 N–H and O–H groups in total. The Balaban J connectivity index is 3.72. The molecule has 0 aliphatic heterocycles. The van der Waals surface area contributed by atoms with E-state index in [0.717, 1.165) is 25.7 Å². The molecule has 0 aromatic carbocycles. The fraction of sp³-hybridized carbons (Fsp3) is 0.727. The minimum absolute atomic E-state index is 0.125. The van der Waals surface area contributed by atoms with Crippen molar-refractivity contribution in [3.05, 3.63) is 49.1 Å². The van der Waals surface area contributed by atoms with Crippen molar-refractivity contribution in [2.45, 2.75) is 144 Å². The summed E-state index contributed by atoms with van der Waals surface area (Å²) in [5, 5.41) is 0. The topological polar surface area (TPSA) is 12.4 Å². The van der Waals surface area contributed by atoms with Crippen LogP contribution in [0.3, 0.4) is 0 Å². The summed E-state index contributed by atoms with van der Waals surface area (Å²) in [7, 11) is 0. The van der Waals surface area contributed by atoms with Crippen molar-refractivity contribution in [1.82, 2.24) is 0 Å². The Labute approximate surface area is 215 Å². The van der Waals surface area contributed by atoms with Crippen molar-refractivity contribution < 1.29 is 0 Å². The summed E-state index contributed by atoms with van der Waals surface area (Å²) in [5.41, 5.74) is 4.40. The van der Waals surface area contributed by atoms with Gasteiger partial charge in [0, 0.05) is 6.21 Å². The molecule has 1 heteroatoms. The van der Waals surface area contributed by atoms with Gasteiger partial charge in [-0.05, 0) is 75.5 Å². The van der Waals surface area contributed by atoms with Crippen LogP contribution in [0.15, 0.2) is 54.1 Å². The summed E-state index contributed by atoms with van der Waals surface area (Å²) >= 11 is 0. The molecule has 34 heavy (non-hydrogen) atoms. The van der Waals surface area contributed by atoms with Crippen molar-refractivity contribution in [2.24, 2.45) is 15.8 Å². The van der Waals surface area contributed by atoms with E-state index in [2.05, 4.69) is 80.1 Å². The molecular weight excluding hydrogens is 410 g/mol. The lowest BCUT2D eigenvalue weighted by Gasteiger charge is -2.21. The largest absolute Gasteiger partial charge is 0.290 e. The van der Waals surface area contributed by atoms with Crippen molar-refractivity contribution in [1.29, 1.82) is 0 Å². The van der Waals surface area contributed by atoms with Crippen LogP contribution in [-0.4, -0.2) is 12.3 Å². The van der Waals surface area contributed by atoms with Crippen LogP contribution in [0.2, 0.25) is 0 Å². The van der Waals surface area contributed by atoms with Gasteiger partial charge in [0.15, 0.2) is 0 Å². The van der Waals surface area contributed by atoms with Crippen LogP contribution in [0, 0.1) is 10.8 Å². The molecule has 0 fully saturated rings. The molecule has 0 saturated heterocycles. The third-order valence-corrected chi connectivity index (χ3v) is 7.30. The number of hydrogen-bond donors (Lipinski definition) is 0. The number of nitrogens with zero attached hydrogens (tertiary/aromatic N) is 1. The van der Waals surface area contributed by atoms with E-state index in [4.69, 9.17) is 4.99 Å². The average Bonchev–Trinajstić information content (AvgIpc) is 2.80. The quantitative estimate of drug-likeness (QED) is 0.0849. The highest BCUT2D eigenvalue weighted by Crippen LogP contribution is 2.27. The maximum atomic E-state index is 4.73. The number of unbranched alkanes of at least 4 members (excludes halogenated alkanes) is 7. The molecule has 0 aromatic heterocycles. The van der Waals surface area contributed by atoms with Crippen molar-refractivity contribution >= 4 is 6.21 Å². The maximum Gasteiger partial charge on any atom is 0.0674 e. The van der Waals surface area contributed by atoms with Gasteiger partial charge in [-0.2, -0.15) is 0 Å². The second-order valence-corrected chi connectivity index (χ2v) is 12.0. The number of rotatable bonds is 22. The molecule has 0 heterocycles. The molecule has 0 bridgehead atoms. The van der Waals surface area contributed by atoms with Gasteiger partial charge >= 0.3 is 0 Å². The Bertz CT molecular complexity index is 631. The zero-order valence-electron chi connectivity index (χ0n) is 24.1. The predicted molar refractivity (Wildman–Crippen MR) is 158 cm³/mol. The number of aliphatic imine (C=N–C) groups is 1. The summed E-state index contributed by atoms with van der Waals surface area (Å²) in [6, 6.07) is 0.229. The molecular formula is C33H59N. The lowest BCUT2D eigenvalue weighted by atomic mass is 9.86. The van der Waals surface area contributed by atoms with E-state index in [1.807, 2.05) is 0 Å². The van der Waals surface area contributed by atoms with Crippen LogP contribution in [0.5, 0.6) is 0 Å². The maximum absolute atomic E-state index is 4.73. The highest BCUT2D eigenvalue weighted by atomic mass is 14.8. The standard InChI is InChI=1S/C33H59N/c1-11-30(5)31(6)34-27-33(9,10)26-24-29(4)22-20-18-16-14-13-15-17-19-21-28(3)23-25-32(7,8)12-2/h12,27,31H,2-5,11,13-26H2,1,6-10H3/b34-27+. The van der Waals surface area contributed by atoms with Crippen LogP contribution in [0.4, 0.5) is 0 Å². The van der Waals surface area contributed by atoms with E-state index < -0.39 is 0 Å². The molecule has 1 nitrogen and oxygen atoms in total. The van der Waals surface area contributed by atoms with E-state index in [-0.39, 0.29) is 16.9 Å². The fourth-order valence-corrected chi connectivity index (χ4v) is 3.94. The van der Waals surface area contributed by atoms with Gasteiger partial charge in [-0.25, -0.2) is 0 Å². The molecule has 0 saturated carbocycles. The molecule has 0 radical (unpaired) electrons. The molecule has 0 aromatic rings.